The summed E-state index contributed by atoms with van der Waals surface area (Å²) in [6.45, 7) is 0.473. The number of carboxylic acid groups (broad SMARTS) is 1. The fraction of sp³-hybridized carbons (Fsp3) is 0.222. The van der Waals surface area contributed by atoms with Crippen molar-refractivity contribution >= 4 is 23.7 Å². The quantitative estimate of drug-likeness (QED) is 0.463. The molecule has 7 nitrogen and oxygen atoms in total. The molecule has 1 fully saturated rings. The largest absolute Gasteiger partial charge is 0.478 e. The van der Waals surface area contributed by atoms with E-state index in [1.807, 2.05) is 36.4 Å². The van der Waals surface area contributed by atoms with Crippen LogP contribution in [0.15, 0.2) is 66.7 Å². The molecule has 3 aromatic carbocycles. The minimum absolute atomic E-state index is 0.0354. The van der Waals surface area contributed by atoms with Crippen LogP contribution in [0.1, 0.15) is 33.8 Å². The highest BCUT2D eigenvalue weighted by Gasteiger charge is 2.43. The zero-order chi connectivity index (χ0) is 24.5. The molecule has 3 aromatic rings. The van der Waals surface area contributed by atoms with Crippen molar-refractivity contribution in [3.8, 4) is 11.1 Å². The molecule has 0 bridgehead atoms. The van der Waals surface area contributed by atoms with E-state index in [2.05, 4.69) is 22.8 Å². The number of alkyl carbamates (subject to hydrolysis) is 1. The zero-order valence-electron chi connectivity index (χ0n) is 18.7. The number of hydrogen-bond donors (Lipinski definition) is 3. The van der Waals surface area contributed by atoms with E-state index in [0.717, 1.165) is 34.4 Å². The van der Waals surface area contributed by atoms with E-state index in [-0.39, 0.29) is 48.1 Å². The summed E-state index contributed by atoms with van der Waals surface area (Å²) in [7, 11) is 0. The second-order valence-electron chi connectivity index (χ2n) is 8.79. The number of amides is 2. The van der Waals surface area contributed by atoms with Crippen molar-refractivity contribution in [1.29, 1.82) is 0 Å². The second kappa shape index (κ2) is 9.21. The summed E-state index contributed by atoms with van der Waals surface area (Å²) in [5.41, 5.74) is 4.28. The number of halogens is 1. The first kappa shape index (κ1) is 22.6. The fourth-order valence-corrected chi connectivity index (χ4v) is 4.69. The third-order valence-electron chi connectivity index (χ3n) is 6.58. The number of rotatable bonds is 7. The molecule has 178 valence electrons. The summed E-state index contributed by atoms with van der Waals surface area (Å²) in [5, 5.41) is 14.5. The number of anilines is 1. The molecular formula is C27H23FN2O5. The van der Waals surface area contributed by atoms with Crippen LogP contribution in [-0.4, -0.2) is 36.2 Å². The van der Waals surface area contributed by atoms with Gasteiger partial charge in [-0.1, -0.05) is 48.5 Å². The molecule has 0 spiro atoms. The van der Waals surface area contributed by atoms with Gasteiger partial charge < -0.3 is 20.5 Å². The number of carbonyl (C=O) groups excluding carboxylic acids is 2. The number of hydrogen-bond acceptors (Lipinski definition) is 4. The Morgan fingerprint density at radius 1 is 0.971 bits per heavy atom. The Bertz CT molecular complexity index is 1280. The molecular weight excluding hydrogens is 451 g/mol. The van der Waals surface area contributed by atoms with Gasteiger partial charge in [0, 0.05) is 18.4 Å². The van der Waals surface area contributed by atoms with Gasteiger partial charge >= 0.3 is 12.1 Å². The average molecular weight is 474 g/mol. The number of carboxylic acids is 1. The van der Waals surface area contributed by atoms with E-state index in [1.165, 1.54) is 6.07 Å². The normalized spacial score (nSPS) is 17.7. The van der Waals surface area contributed by atoms with Crippen molar-refractivity contribution in [1.82, 2.24) is 5.32 Å². The number of ether oxygens (including phenoxy) is 1. The van der Waals surface area contributed by atoms with Gasteiger partial charge in [-0.2, -0.15) is 0 Å². The monoisotopic (exact) mass is 474 g/mol. The van der Waals surface area contributed by atoms with Gasteiger partial charge in [0.25, 0.3) is 0 Å². The van der Waals surface area contributed by atoms with E-state index in [9.17, 15) is 23.9 Å². The van der Waals surface area contributed by atoms with Crippen LogP contribution in [0, 0.1) is 17.7 Å². The van der Waals surface area contributed by atoms with E-state index in [1.54, 1.807) is 0 Å². The molecule has 5 rings (SSSR count). The van der Waals surface area contributed by atoms with Crippen molar-refractivity contribution in [2.45, 2.75) is 12.3 Å². The smallest absolute Gasteiger partial charge is 0.407 e. The van der Waals surface area contributed by atoms with Gasteiger partial charge in [0.15, 0.2) is 0 Å². The Morgan fingerprint density at radius 3 is 2.29 bits per heavy atom. The highest BCUT2D eigenvalue weighted by Crippen LogP contribution is 2.44. The van der Waals surface area contributed by atoms with Crippen molar-refractivity contribution in [2.75, 3.05) is 18.5 Å². The summed E-state index contributed by atoms with van der Waals surface area (Å²) in [5.74, 6) is -2.87. The van der Waals surface area contributed by atoms with Crippen molar-refractivity contribution in [2.24, 2.45) is 11.8 Å². The minimum atomic E-state index is -1.33. The van der Waals surface area contributed by atoms with Gasteiger partial charge in [0.2, 0.25) is 5.91 Å². The summed E-state index contributed by atoms with van der Waals surface area (Å²) in [6.07, 6.45) is 0.00337. The SMILES string of the molecule is O=C(NCC1CC1C(=O)Nc1ccc(F)cc1C(=O)O)OCC1c2ccccc2-c2ccccc21. The third-order valence-corrected chi connectivity index (χ3v) is 6.58. The standard InChI is InChI=1S/C27H23FN2O5/c28-16-9-10-24(22(12-16)26(32)33)30-25(31)21-11-15(21)13-29-27(34)35-14-23-19-7-3-1-5-17(19)18-6-2-4-8-20(18)23/h1-10,12,15,21,23H,11,13-14H2,(H,29,34)(H,30,31)(H,32,33). The van der Waals surface area contributed by atoms with Crippen LogP contribution >= 0.6 is 0 Å². The lowest BCUT2D eigenvalue weighted by atomic mass is 9.98. The Labute approximate surface area is 200 Å². The summed E-state index contributed by atoms with van der Waals surface area (Å²) in [4.78, 5) is 36.1. The lowest BCUT2D eigenvalue weighted by Crippen LogP contribution is -2.29. The molecule has 0 saturated heterocycles. The van der Waals surface area contributed by atoms with Gasteiger partial charge in [0.1, 0.15) is 12.4 Å². The molecule has 2 atom stereocenters. The molecule has 3 N–H and O–H groups in total. The molecule has 0 aliphatic heterocycles. The third kappa shape index (κ3) is 4.59. The maximum atomic E-state index is 13.3. The molecule has 1 saturated carbocycles. The van der Waals surface area contributed by atoms with Crippen molar-refractivity contribution in [3.63, 3.8) is 0 Å². The Kier molecular flexibility index (Phi) is 5.94. The van der Waals surface area contributed by atoms with Gasteiger partial charge in [-0.15, -0.1) is 0 Å². The molecule has 2 unspecified atom stereocenters. The van der Waals surface area contributed by atoms with E-state index in [0.29, 0.717) is 6.42 Å². The summed E-state index contributed by atoms with van der Waals surface area (Å²) in [6, 6.07) is 19.3. The molecule has 0 aromatic heterocycles. The van der Waals surface area contributed by atoms with Crippen LogP contribution in [-0.2, 0) is 9.53 Å². The number of fused-ring (bicyclic) bond motifs is 3. The Hall–Kier alpha value is -4.20. The Morgan fingerprint density at radius 2 is 1.63 bits per heavy atom. The first-order valence-corrected chi connectivity index (χ1v) is 11.3. The predicted molar refractivity (Wildman–Crippen MR) is 127 cm³/mol. The second-order valence-corrected chi connectivity index (χ2v) is 8.79. The van der Waals surface area contributed by atoms with Crippen LogP contribution in [0.2, 0.25) is 0 Å². The predicted octanol–water partition coefficient (Wildman–Crippen LogP) is 4.64. The maximum absolute atomic E-state index is 13.3. The zero-order valence-corrected chi connectivity index (χ0v) is 18.7. The maximum Gasteiger partial charge on any atom is 0.407 e. The van der Waals surface area contributed by atoms with Crippen LogP contribution in [0.4, 0.5) is 14.9 Å². The molecule has 35 heavy (non-hydrogen) atoms. The Balaban J connectivity index is 1.12. The summed E-state index contributed by atoms with van der Waals surface area (Å²) < 4.78 is 18.8. The van der Waals surface area contributed by atoms with E-state index < -0.39 is 17.9 Å². The number of benzene rings is 3. The molecule has 2 aliphatic rings. The highest BCUT2D eigenvalue weighted by atomic mass is 19.1. The molecule has 2 aliphatic carbocycles. The van der Waals surface area contributed by atoms with Gasteiger partial charge in [0.05, 0.1) is 11.3 Å². The molecule has 2 amide bonds. The number of carbonyl (C=O) groups is 3. The lowest BCUT2D eigenvalue weighted by Gasteiger charge is -2.14. The van der Waals surface area contributed by atoms with E-state index in [4.69, 9.17) is 4.74 Å². The van der Waals surface area contributed by atoms with Gasteiger partial charge in [-0.25, -0.2) is 14.0 Å². The van der Waals surface area contributed by atoms with E-state index >= 15 is 0 Å². The molecule has 8 heteroatoms. The first-order chi connectivity index (χ1) is 16.9. The van der Waals surface area contributed by atoms with Gasteiger partial charge in [-0.05, 0) is 52.8 Å². The first-order valence-electron chi connectivity index (χ1n) is 11.3. The highest BCUT2D eigenvalue weighted by molar-refractivity contribution is 6.02. The van der Waals surface area contributed by atoms with Crippen LogP contribution in [0.25, 0.3) is 11.1 Å². The molecule has 0 heterocycles. The average Bonchev–Trinajstić information content (AvgIpc) is 3.57. The van der Waals surface area contributed by atoms with Crippen LogP contribution in [0.5, 0.6) is 0 Å². The fourth-order valence-electron chi connectivity index (χ4n) is 4.69. The lowest BCUT2D eigenvalue weighted by molar-refractivity contribution is -0.117. The topological polar surface area (TPSA) is 105 Å². The summed E-state index contributed by atoms with van der Waals surface area (Å²) >= 11 is 0. The van der Waals surface area contributed by atoms with Crippen LogP contribution in [0.3, 0.4) is 0 Å². The van der Waals surface area contributed by atoms with Crippen molar-refractivity contribution in [3.05, 3.63) is 89.2 Å². The van der Waals surface area contributed by atoms with Crippen LogP contribution < -0.4 is 10.6 Å². The minimum Gasteiger partial charge on any atom is -0.478 e. The van der Waals surface area contributed by atoms with Gasteiger partial charge in [-0.3, -0.25) is 4.79 Å². The van der Waals surface area contributed by atoms with Crippen molar-refractivity contribution < 1.29 is 28.6 Å². The molecule has 0 radical (unpaired) electrons. The number of nitrogens with one attached hydrogen (secondary N) is 2. The number of aromatic carboxylic acids is 1.